The molecule has 0 amide bonds. The van der Waals surface area contributed by atoms with Gasteiger partial charge in [0, 0.05) is 26.2 Å². The van der Waals surface area contributed by atoms with Crippen LogP contribution in [0.1, 0.15) is 36.6 Å². The minimum atomic E-state index is 0.179. The number of hydrogen-bond donors (Lipinski definition) is 1. The van der Waals surface area contributed by atoms with Crippen LogP contribution >= 0.6 is 27.3 Å². The Bertz CT molecular complexity index is 685. The van der Waals surface area contributed by atoms with Crippen molar-refractivity contribution in [2.75, 3.05) is 0 Å². The second kappa shape index (κ2) is 5.72. The predicted octanol–water partition coefficient (Wildman–Crippen LogP) is 5.67. The van der Waals surface area contributed by atoms with Gasteiger partial charge in [0.25, 0.3) is 0 Å². The van der Waals surface area contributed by atoms with Gasteiger partial charge in [0.1, 0.15) is 11.3 Å². The van der Waals surface area contributed by atoms with Crippen LogP contribution in [0.15, 0.2) is 50.7 Å². The van der Waals surface area contributed by atoms with Crippen molar-refractivity contribution in [2.45, 2.75) is 25.9 Å². The van der Waals surface area contributed by atoms with Crippen molar-refractivity contribution >= 4 is 38.2 Å². The largest absolute Gasteiger partial charge is 0.459 e. The lowest BCUT2D eigenvalue weighted by molar-refractivity contribution is 0.420. The lowest BCUT2D eigenvalue weighted by Gasteiger charge is -2.17. The minimum absolute atomic E-state index is 0.179. The van der Waals surface area contributed by atoms with Gasteiger partial charge in [0.2, 0.25) is 0 Å². The van der Waals surface area contributed by atoms with Crippen LogP contribution in [0.25, 0.3) is 11.0 Å². The number of furan rings is 1. The molecule has 3 aromatic rings. The zero-order valence-corrected chi connectivity index (χ0v) is 13.8. The number of halogens is 1. The van der Waals surface area contributed by atoms with Gasteiger partial charge < -0.3 is 9.73 Å². The number of rotatable bonds is 4. The normalized spacial score (nSPS) is 14.6. The topological polar surface area (TPSA) is 25.2 Å². The molecule has 4 heteroatoms. The van der Waals surface area contributed by atoms with Crippen LogP contribution in [0, 0.1) is 0 Å². The number of hydrogen-bond acceptors (Lipinski definition) is 3. The molecule has 3 rings (SSSR count). The van der Waals surface area contributed by atoms with Gasteiger partial charge in [-0.05, 0) is 48.0 Å². The molecule has 0 fully saturated rings. The molecule has 0 aliphatic rings. The van der Waals surface area contributed by atoms with Crippen LogP contribution in [0.2, 0.25) is 0 Å². The fourth-order valence-electron chi connectivity index (χ4n) is 2.31. The Labute approximate surface area is 130 Å². The number of nitrogens with one attached hydrogen (secondary N) is 1. The second-order valence-electron chi connectivity index (χ2n) is 4.96. The van der Waals surface area contributed by atoms with Crippen LogP contribution in [-0.2, 0) is 0 Å². The van der Waals surface area contributed by atoms with Crippen molar-refractivity contribution in [3.63, 3.8) is 0 Å². The molecule has 2 heterocycles. The van der Waals surface area contributed by atoms with E-state index in [4.69, 9.17) is 4.42 Å². The molecule has 0 aliphatic carbocycles. The highest BCUT2D eigenvalue weighted by Gasteiger charge is 2.15. The van der Waals surface area contributed by atoms with Crippen molar-refractivity contribution in [2.24, 2.45) is 0 Å². The van der Waals surface area contributed by atoms with Gasteiger partial charge in [-0.3, -0.25) is 0 Å². The number of para-hydroxylation sites is 1. The van der Waals surface area contributed by atoms with Crippen LogP contribution in [0.3, 0.4) is 0 Å². The Hall–Kier alpha value is -1.10. The maximum absolute atomic E-state index is 5.90. The van der Waals surface area contributed by atoms with Crippen molar-refractivity contribution in [3.8, 4) is 0 Å². The maximum atomic E-state index is 5.90. The third-order valence-electron chi connectivity index (χ3n) is 3.39. The SMILES string of the molecule is CC(NC(C)c1cc(Br)cs1)c1cc2ccccc2o1. The lowest BCUT2D eigenvalue weighted by Crippen LogP contribution is -2.21. The number of fused-ring (bicyclic) bond motifs is 1. The highest BCUT2D eigenvalue weighted by Crippen LogP contribution is 2.29. The van der Waals surface area contributed by atoms with Gasteiger partial charge in [-0.2, -0.15) is 0 Å². The molecule has 1 N–H and O–H groups in total. The van der Waals surface area contributed by atoms with E-state index in [-0.39, 0.29) is 6.04 Å². The third kappa shape index (κ3) is 2.82. The van der Waals surface area contributed by atoms with E-state index < -0.39 is 0 Å². The van der Waals surface area contributed by atoms with E-state index in [0.29, 0.717) is 6.04 Å². The van der Waals surface area contributed by atoms with E-state index in [9.17, 15) is 0 Å². The summed E-state index contributed by atoms with van der Waals surface area (Å²) in [6, 6.07) is 12.9. The maximum Gasteiger partial charge on any atom is 0.134 e. The molecule has 0 saturated heterocycles. The van der Waals surface area contributed by atoms with Gasteiger partial charge in [-0.1, -0.05) is 18.2 Å². The average molecular weight is 350 g/mol. The fourth-order valence-corrected chi connectivity index (χ4v) is 3.77. The molecule has 104 valence electrons. The summed E-state index contributed by atoms with van der Waals surface area (Å²) < 4.78 is 7.04. The lowest BCUT2D eigenvalue weighted by atomic mass is 10.2. The Morgan fingerprint density at radius 3 is 2.65 bits per heavy atom. The summed E-state index contributed by atoms with van der Waals surface area (Å²) in [6.07, 6.45) is 0. The molecule has 0 bridgehead atoms. The van der Waals surface area contributed by atoms with Crippen molar-refractivity contribution < 1.29 is 4.42 Å². The predicted molar refractivity (Wildman–Crippen MR) is 88.2 cm³/mol. The summed E-state index contributed by atoms with van der Waals surface area (Å²) in [7, 11) is 0. The van der Waals surface area contributed by atoms with Crippen molar-refractivity contribution in [1.29, 1.82) is 0 Å². The Morgan fingerprint density at radius 1 is 1.15 bits per heavy atom. The average Bonchev–Trinajstić information content (AvgIpc) is 3.04. The first-order valence-corrected chi connectivity index (χ1v) is 8.29. The van der Waals surface area contributed by atoms with Crippen molar-refractivity contribution in [3.05, 3.63) is 56.9 Å². The van der Waals surface area contributed by atoms with E-state index in [2.05, 4.69) is 58.7 Å². The molecule has 20 heavy (non-hydrogen) atoms. The molecule has 0 spiro atoms. The van der Waals surface area contributed by atoms with Gasteiger partial charge in [0.05, 0.1) is 6.04 Å². The zero-order valence-electron chi connectivity index (χ0n) is 11.4. The van der Waals surface area contributed by atoms with Crippen LogP contribution < -0.4 is 5.32 Å². The zero-order chi connectivity index (χ0) is 14.1. The van der Waals surface area contributed by atoms with E-state index in [1.54, 1.807) is 11.3 Å². The second-order valence-corrected chi connectivity index (χ2v) is 6.82. The van der Waals surface area contributed by atoms with Gasteiger partial charge in [-0.15, -0.1) is 11.3 Å². The van der Waals surface area contributed by atoms with Crippen LogP contribution in [0.5, 0.6) is 0 Å². The summed E-state index contributed by atoms with van der Waals surface area (Å²) >= 11 is 5.26. The molecule has 0 saturated carbocycles. The first kappa shape index (κ1) is 13.9. The van der Waals surface area contributed by atoms with Crippen LogP contribution in [0.4, 0.5) is 0 Å². The van der Waals surface area contributed by atoms with E-state index in [0.717, 1.165) is 21.2 Å². The van der Waals surface area contributed by atoms with E-state index in [1.165, 1.54) is 4.88 Å². The Balaban J connectivity index is 1.76. The minimum Gasteiger partial charge on any atom is -0.459 e. The first-order chi connectivity index (χ1) is 9.63. The van der Waals surface area contributed by atoms with E-state index in [1.807, 2.05) is 18.2 Å². The molecule has 1 aromatic carbocycles. The first-order valence-electron chi connectivity index (χ1n) is 6.62. The van der Waals surface area contributed by atoms with Crippen LogP contribution in [-0.4, -0.2) is 0 Å². The standard InChI is InChI=1S/C16H16BrNOS/c1-10(18-11(2)16-8-13(17)9-20-16)15-7-12-5-3-4-6-14(12)19-15/h3-11,18H,1-2H3. The van der Waals surface area contributed by atoms with Gasteiger partial charge >= 0.3 is 0 Å². The summed E-state index contributed by atoms with van der Waals surface area (Å²) in [4.78, 5) is 1.32. The Morgan fingerprint density at radius 2 is 1.95 bits per heavy atom. The monoisotopic (exact) mass is 349 g/mol. The Kier molecular flexibility index (Phi) is 3.96. The summed E-state index contributed by atoms with van der Waals surface area (Å²) in [5.41, 5.74) is 0.947. The fraction of sp³-hybridized carbons (Fsp3) is 0.250. The number of benzene rings is 1. The smallest absolute Gasteiger partial charge is 0.134 e. The molecular formula is C16H16BrNOS. The summed E-state index contributed by atoms with van der Waals surface area (Å²) in [5, 5.41) is 6.85. The highest BCUT2D eigenvalue weighted by atomic mass is 79.9. The molecular weight excluding hydrogens is 334 g/mol. The molecule has 2 atom stereocenters. The highest BCUT2D eigenvalue weighted by molar-refractivity contribution is 9.10. The molecule has 2 unspecified atom stereocenters. The summed E-state index contributed by atoms with van der Waals surface area (Å²) in [6.45, 7) is 4.31. The molecule has 0 radical (unpaired) electrons. The third-order valence-corrected chi connectivity index (χ3v) is 5.26. The number of thiophene rings is 1. The summed E-state index contributed by atoms with van der Waals surface area (Å²) in [5.74, 6) is 0.980. The van der Waals surface area contributed by atoms with Gasteiger partial charge in [-0.25, -0.2) is 0 Å². The quantitative estimate of drug-likeness (QED) is 0.656. The molecule has 2 nitrogen and oxygen atoms in total. The van der Waals surface area contributed by atoms with Crippen molar-refractivity contribution in [1.82, 2.24) is 5.32 Å². The molecule has 2 aromatic heterocycles. The van der Waals surface area contributed by atoms with Gasteiger partial charge in [0.15, 0.2) is 0 Å². The van der Waals surface area contributed by atoms with E-state index >= 15 is 0 Å². The molecule has 0 aliphatic heterocycles.